The number of carboxylic acid groups (broad SMARTS) is 1. The van der Waals surface area contributed by atoms with Gasteiger partial charge in [0, 0.05) is 62.6 Å². The normalized spacial score (nSPS) is 19.9. The third kappa shape index (κ3) is 5.78. The molecule has 1 unspecified atom stereocenters. The number of carbonyl (C=O) groups excluding carboxylic acids is 1. The van der Waals surface area contributed by atoms with E-state index in [4.69, 9.17) is 5.11 Å². The summed E-state index contributed by atoms with van der Waals surface area (Å²) < 4.78 is 45.0. The zero-order valence-electron chi connectivity index (χ0n) is 22.1. The van der Waals surface area contributed by atoms with Crippen LogP contribution in [-0.2, 0) is 11.2 Å². The number of hydrogen-bond acceptors (Lipinski definition) is 6. The van der Waals surface area contributed by atoms with Crippen molar-refractivity contribution in [3.8, 4) is 0 Å². The Balaban J connectivity index is 1.33. The van der Waals surface area contributed by atoms with E-state index in [0.29, 0.717) is 12.0 Å². The predicted molar refractivity (Wildman–Crippen MR) is 142 cm³/mol. The van der Waals surface area contributed by atoms with Crippen molar-refractivity contribution < 1.29 is 32.6 Å². The molecule has 11 heteroatoms. The average molecular weight is 557 g/mol. The second kappa shape index (κ2) is 11.2. The van der Waals surface area contributed by atoms with Gasteiger partial charge in [-0.15, -0.1) is 0 Å². The highest BCUT2D eigenvalue weighted by molar-refractivity contribution is 5.94. The quantitative estimate of drug-likeness (QED) is 0.484. The minimum absolute atomic E-state index is 0.0560. The van der Waals surface area contributed by atoms with Crippen molar-refractivity contribution >= 4 is 17.7 Å². The Morgan fingerprint density at radius 1 is 1.10 bits per heavy atom. The molecule has 2 aliphatic heterocycles. The number of halogens is 3. The predicted octanol–water partition coefficient (Wildman–Crippen LogP) is 5.54. The monoisotopic (exact) mass is 556 g/mol. The molecule has 3 aliphatic rings. The van der Waals surface area contributed by atoms with Crippen LogP contribution in [-0.4, -0.2) is 70.9 Å². The lowest BCUT2D eigenvalue weighted by molar-refractivity contribution is -0.0941. The maximum atomic E-state index is 13.5. The van der Waals surface area contributed by atoms with E-state index in [9.17, 15) is 22.8 Å². The van der Waals surface area contributed by atoms with Gasteiger partial charge in [0.25, 0.3) is 5.91 Å². The summed E-state index contributed by atoms with van der Waals surface area (Å²) in [6.07, 6.45) is 3.00. The Kier molecular flexibility index (Phi) is 7.73. The number of aryl methyl sites for hydroxylation is 1. The van der Waals surface area contributed by atoms with Gasteiger partial charge in [0.1, 0.15) is 0 Å². The third-order valence-electron chi connectivity index (χ3n) is 7.99. The van der Waals surface area contributed by atoms with Crippen molar-refractivity contribution in [3.63, 3.8) is 0 Å². The molecule has 0 bridgehead atoms. The van der Waals surface area contributed by atoms with Crippen LogP contribution < -0.4 is 4.90 Å². The molecule has 1 saturated heterocycles. The van der Waals surface area contributed by atoms with Crippen molar-refractivity contribution in [3.05, 3.63) is 83.0 Å². The molecule has 5 rings (SSSR count). The molecule has 1 aromatic carbocycles. The lowest BCUT2D eigenvalue weighted by atomic mass is 9.85. The number of nitrogens with zero attached hydrogens (tertiary/aromatic N) is 4. The molecule has 2 aromatic rings. The second-order valence-electron chi connectivity index (χ2n) is 10.3. The number of benzene rings is 1. The Hall–Kier alpha value is -4.02. The second-order valence-corrected chi connectivity index (χ2v) is 10.3. The van der Waals surface area contributed by atoms with E-state index in [2.05, 4.69) is 14.6 Å². The van der Waals surface area contributed by atoms with Gasteiger partial charge in [-0.2, -0.15) is 13.2 Å². The van der Waals surface area contributed by atoms with Crippen LogP contribution in [0, 0.1) is 0 Å². The molecule has 212 valence electrons. The summed E-state index contributed by atoms with van der Waals surface area (Å²) in [5.74, 6) is -0.846. The molecule has 0 spiro atoms. The Morgan fingerprint density at radius 2 is 1.82 bits per heavy atom. The molecule has 1 aromatic heterocycles. The largest absolute Gasteiger partial charge is 0.511 e. The maximum absolute atomic E-state index is 13.5. The number of piperidine rings is 1. The molecule has 0 saturated carbocycles. The molecule has 8 nitrogen and oxygen atoms in total. The summed E-state index contributed by atoms with van der Waals surface area (Å²) in [5.41, 5.74) is 2.43. The van der Waals surface area contributed by atoms with Gasteiger partial charge in [0.05, 0.1) is 11.6 Å². The molecule has 1 N–H and O–H groups in total. The number of carbonyl (C=O) groups is 2. The number of ether oxygens (including phenoxy) is 1. The molecule has 1 aliphatic carbocycles. The van der Waals surface area contributed by atoms with Gasteiger partial charge in [0.2, 0.25) is 0 Å². The number of rotatable bonds is 5. The smallest absolute Gasteiger partial charge is 0.449 e. The first-order chi connectivity index (χ1) is 19.1. The molecule has 1 amide bonds. The molecular weight excluding hydrogens is 525 g/mol. The fraction of sp³-hybridized carbons (Fsp3) is 0.414. The van der Waals surface area contributed by atoms with Crippen LogP contribution >= 0.6 is 0 Å². The number of aromatic nitrogens is 1. The van der Waals surface area contributed by atoms with Crippen LogP contribution in [0.2, 0.25) is 0 Å². The molecule has 3 heterocycles. The van der Waals surface area contributed by atoms with E-state index in [1.807, 2.05) is 37.4 Å². The number of anilines is 1. The van der Waals surface area contributed by atoms with Crippen LogP contribution in [0.4, 0.5) is 23.7 Å². The third-order valence-corrected chi connectivity index (χ3v) is 7.99. The number of fused-ring (bicyclic) bond motifs is 1. The highest BCUT2D eigenvalue weighted by atomic mass is 19.4. The van der Waals surface area contributed by atoms with Crippen molar-refractivity contribution in [1.82, 2.24) is 14.8 Å². The van der Waals surface area contributed by atoms with Gasteiger partial charge in [-0.1, -0.05) is 6.07 Å². The number of alkyl halides is 3. The molecule has 40 heavy (non-hydrogen) atoms. The summed E-state index contributed by atoms with van der Waals surface area (Å²) >= 11 is 0. The molecule has 0 radical (unpaired) electrons. The highest BCUT2D eigenvalue weighted by Crippen LogP contribution is 2.40. The van der Waals surface area contributed by atoms with Crippen molar-refractivity contribution in [1.29, 1.82) is 0 Å². The van der Waals surface area contributed by atoms with E-state index < -0.39 is 23.7 Å². The first-order valence-electron chi connectivity index (χ1n) is 13.3. The van der Waals surface area contributed by atoms with Crippen LogP contribution in [0.5, 0.6) is 0 Å². The summed E-state index contributed by atoms with van der Waals surface area (Å²) in [6, 6.07) is 9.32. The number of amides is 1. The fourth-order valence-corrected chi connectivity index (χ4v) is 5.91. The van der Waals surface area contributed by atoms with Crippen LogP contribution in [0.3, 0.4) is 0 Å². The first-order valence-corrected chi connectivity index (χ1v) is 13.3. The summed E-state index contributed by atoms with van der Waals surface area (Å²) in [5, 5.41) is 9.01. The lowest BCUT2D eigenvalue weighted by Crippen LogP contribution is -2.45. The number of hydrogen-bond donors (Lipinski definition) is 1. The fourth-order valence-electron chi connectivity index (χ4n) is 5.91. The SMILES string of the molecule is CN(C(=O)c1ccc2c(c1)C(N1C=C(OC(=O)O)C(C(F)(F)F)=CC1)CCC2)C1CCN(c2ccncc2)CC1. The van der Waals surface area contributed by atoms with E-state index in [0.717, 1.165) is 67.9 Å². The van der Waals surface area contributed by atoms with Gasteiger partial charge in [0.15, 0.2) is 5.76 Å². The molecular formula is C29H31F3N4O4. The summed E-state index contributed by atoms with van der Waals surface area (Å²) in [7, 11) is 1.82. The Labute approximate surface area is 230 Å². The first kappa shape index (κ1) is 27.5. The minimum atomic E-state index is -4.74. The zero-order chi connectivity index (χ0) is 28.4. The van der Waals surface area contributed by atoms with Gasteiger partial charge in [-0.3, -0.25) is 9.78 Å². The van der Waals surface area contributed by atoms with Gasteiger partial charge in [-0.25, -0.2) is 4.79 Å². The van der Waals surface area contributed by atoms with Crippen molar-refractivity contribution in [2.24, 2.45) is 0 Å². The molecule has 1 atom stereocenters. The Morgan fingerprint density at radius 3 is 2.50 bits per heavy atom. The Bertz CT molecular complexity index is 1320. The highest BCUT2D eigenvalue weighted by Gasteiger charge is 2.40. The van der Waals surface area contributed by atoms with Crippen LogP contribution in [0.1, 0.15) is 53.2 Å². The van der Waals surface area contributed by atoms with E-state index in [1.54, 1.807) is 22.2 Å². The van der Waals surface area contributed by atoms with E-state index in [-0.39, 0.29) is 24.5 Å². The van der Waals surface area contributed by atoms with Gasteiger partial charge in [-0.05, 0) is 73.6 Å². The van der Waals surface area contributed by atoms with E-state index in [1.165, 1.54) is 0 Å². The topological polar surface area (TPSA) is 86.2 Å². The van der Waals surface area contributed by atoms with E-state index >= 15 is 0 Å². The maximum Gasteiger partial charge on any atom is 0.511 e. The average Bonchev–Trinajstić information content (AvgIpc) is 2.95. The van der Waals surface area contributed by atoms with Crippen molar-refractivity contribution in [2.45, 2.75) is 50.4 Å². The molecule has 1 fully saturated rings. The number of pyridine rings is 1. The zero-order valence-corrected chi connectivity index (χ0v) is 22.1. The number of allylic oxidation sites excluding steroid dienone is 1. The lowest BCUT2D eigenvalue weighted by Gasteiger charge is -2.38. The summed E-state index contributed by atoms with van der Waals surface area (Å²) in [6.45, 7) is 1.60. The standard InChI is InChI=1S/C29H31F3N4O4/c1-34(21-9-14-35(15-10-21)22-7-12-33-13-8-22)27(37)20-6-5-19-3-2-4-25(23(19)17-20)36-16-11-24(29(30,31)32)26(18-36)40-28(38)39/h5-8,11-13,17-18,21,25H,2-4,9-10,14-16H2,1H3,(H,38,39). The van der Waals surface area contributed by atoms with Crippen molar-refractivity contribution in [2.75, 3.05) is 31.6 Å². The van der Waals surface area contributed by atoms with Crippen LogP contribution in [0.15, 0.2) is 66.3 Å². The van der Waals surface area contributed by atoms with Gasteiger partial charge >= 0.3 is 12.3 Å². The van der Waals surface area contributed by atoms with Crippen LogP contribution in [0.25, 0.3) is 0 Å². The summed E-state index contributed by atoms with van der Waals surface area (Å²) in [4.78, 5) is 34.5. The van der Waals surface area contributed by atoms with Gasteiger partial charge < -0.3 is 24.5 Å². The minimum Gasteiger partial charge on any atom is -0.449 e.